The van der Waals surface area contributed by atoms with Crippen molar-refractivity contribution in [1.82, 2.24) is 14.5 Å². The molecule has 2 aromatic carbocycles. The zero-order chi connectivity index (χ0) is 20.4. The lowest BCUT2D eigenvalue weighted by Crippen LogP contribution is -2.28. The zero-order valence-electron chi connectivity index (χ0n) is 16.0. The van der Waals surface area contributed by atoms with Gasteiger partial charge in [0.25, 0.3) is 5.56 Å². The topological polar surface area (TPSA) is 55.2 Å². The lowest BCUT2D eigenvalue weighted by molar-refractivity contribution is -0.128. The number of hydrogen-bond donors (Lipinski definition) is 0. The molecule has 5 nitrogen and oxygen atoms in total. The first-order chi connectivity index (χ1) is 14.1. The summed E-state index contributed by atoms with van der Waals surface area (Å²) in [5.41, 5.74) is 1.47. The van der Waals surface area contributed by atoms with E-state index in [1.165, 1.54) is 23.1 Å². The van der Waals surface area contributed by atoms with Crippen LogP contribution in [0.15, 0.2) is 82.1 Å². The van der Waals surface area contributed by atoms with E-state index >= 15 is 0 Å². The van der Waals surface area contributed by atoms with Gasteiger partial charge in [-0.3, -0.25) is 14.2 Å². The number of amides is 1. The van der Waals surface area contributed by atoms with Crippen molar-refractivity contribution in [2.24, 2.45) is 0 Å². The minimum absolute atomic E-state index is 0.0543. The fourth-order valence-electron chi connectivity index (χ4n) is 3.01. The molecule has 146 valence electrons. The summed E-state index contributed by atoms with van der Waals surface area (Å²) in [6.45, 7) is 0. The van der Waals surface area contributed by atoms with Gasteiger partial charge in [0.05, 0.1) is 11.1 Å². The van der Waals surface area contributed by atoms with E-state index in [0.29, 0.717) is 15.4 Å². The highest BCUT2D eigenvalue weighted by Gasteiger charge is 2.27. The highest BCUT2D eigenvalue weighted by Crippen LogP contribution is 2.36. The van der Waals surface area contributed by atoms with Gasteiger partial charge in [-0.15, -0.1) is 11.3 Å². The molecule has 1 atom stereocenters. The van der Waals surface area contributed by atoms with Gasteiger partial charge in [0, 0.05) is 14.1 Å². The third-order valence-corrected chi connectivity index (χ3v) is 6.47. The molecular weight excluding hydrogens is 402 g/mol. The number of thiophene rings is 1. The number of hydrogen-bond acceptors (Lipinski definition) is 5. The number of nitrogens with zero attached hydrogens (tertiary/aromatic N) is 3. The lowest BCUT2D eigenvalue weighted by Gasteiger charge is -2.21. The van der Waals surface area contributed by atoms with E-state index in [0.717, 1.165) is 11.3 Å². The van der Waals surface area contributed by atoms with Crippen molar-refractivity contribution in [2.45, 2.75) is 10.4 Å². The van der Waals surface area contributed by atoms with Crippen molar-refractivity contribution in [3.8, 4) is 5.69 Å². The fourth-order valence-corrected chi connectivity index (χ4v) is 5.07. The van der Waals surface area contributed by atoms with Crippen LogP contribution in [0.4, 0.5) is 0 Å². The maximum absolute atomic E-state index is 13.3. The molecule has 4 aromatic rings. The van der Waals surface area contributed by atoms with Gasteiger partial charge in [-0.1, -0.05) is 60.3 Å². The van der Waals surface area contributed by atoms with E-state index in [9.17, 15) is 9.59 Å². The molecule has 0 radical (unpaired) electrons. The zero-order valence-corrected chi connectivity index (χ0v) is 17.6. The molecule has 0 saturated carbocycles. The first-order valence-electron chi connectivity index (χ1n) is 9.04. The molecule has 4 rings (SSSR count). The summed E-state index contributed by atoms with van der Waals surface area (Å²) in [6, 6.07) is 20.8. The van der Waals surface area contributed by atoms with Crippen LogP contribution in [0.1, 0.15) is 10.8 Å². The Labute approximate surface area is 176 Å². The van der Waals surface area contributed by atoms with Crippen LogP contribution in [0.3, 0.4) is 0 Å². The molecule has 0 aliphatic heterocycles. The number of aromatic nitrogens is 2. The van der Waals surface area contributed by atoms with Crippen molar-refractivity contribution in [3.63, 3.8) is 0 Å². The van der Waals surface area contributed by atoms with Crippen molar-refractivity contribution in [3.05, 3.63) is 88.0 Å². The number of carbonyl (C=O) groups excluding carboxylic acids is 1. The molecule has 7 heteroatoms. The molecule has 1 unspecified atom stereocenters. The van der Waals surface area contributed by atoms with Crippen LogP contribution in [0.2, 0.25) is 0 Å². The molecule has 29 heavy (non-hydrogen) atoms. The molecular formula is C22H19N3O2S2. The van der Waals surface area contributed by atoms with E-state index in [1.807, 2.05) is 66.0 Å². The molecule has 0 aliphatic rings. The maximum Gasteiger partial charge on any atom is 0.267 e. The second-order valence-corrected chi connectivity index (χ2v) is 8.62. The van der Waals surface area contributed by atoms with E-state index in [2.05, 4.69) is 0 Å². The first kappa shape index (κ1) is 19.4. The van der Waals surface area contributed by atoms with Gasteiger partial charge in [0.15, 0.2) is 5.16 Å². The Balaban J connectivity index is 1.90. The largest absolute Gasteiger partial charge is 0.348 e. The molecule has 0 N–H and O–H groups in total. The molecule has 2 aromatic heterocycles. The number of benzene rings is 2. The third-order valence-electron chi connectivity index (χ3n) is 4.47. The minimum atomic E-state index is -0.509. The van der Waals surface area contributed by atoms with E-state index in [1.54, 1.807) is 29.6 Å². The average Bonchev–Trinajstić information content (AvgIpc) is 3.22. The van der Waals surface area contributed by atoms with Crippen molar-refractivity contribution < 1.29 is 4.79 Å². The molecule has 0 aliphatic carbocycles. The van der Waals surface area contributed by atoms with E-state index in [4.69, 9.17) is 4.98 Å². The molecule has 0 fully saturated rings. The average molecular weight is 422 g/mol. The van der Waals surface area contributed by atoms with Crippen LogP contribution in [0.25, 0.3) is 15.9 Å². The molecule has 2 heterocycles. The van der Waals surface area contributed by atoms with Crippen LogP contribution in [0, 0.1) is 0 Å². The Morgan fingerprint density at radius 2 is 1.69 bits per heavy atom. The van der Waals surface area contributed by atoms with Crippen molar-refractivity contribution >= 4 is 39.2 Å². The number of likely N-dealkylation sites (N-methyl/N-ethyl adjacent to an activating group) is 1. The van der Waals surface area contributed by atoms with Gasteiger partial charge in [0.1, 0.15) is 10.1 Å². The second-order valence-electron chi connectivity index (χ2n) is 6.65. The summed E-state index contributed by atoms with van der Waals surface area (Å²) in [5, 5.41) is 2.44. The monoisotopic (exact) mass is 421 g/mol. The SMILES string of the molecule is CN(C)C(=O)C(Sc1nc2sccc2c(=O)n1-c1ccccc1)c1ccccc1. The van der Waals surface area contributed by atoms with Crippen molar-refractivity contribution in [1.29, 1.82) is 0 Å². The first-order valence-corrected chi connectivity index (χ1v) is 10.8. The van der Waals surface area contributed by atoms with Gasteiger partial charge < -0.3 is 4.90 Å². The highest BCUT2D eigenvalue weighted by molar-refractivity contribution is 8.00. The number of para-hydroxylation sites is 1. The highest BCUT2D eigenvalue weighted by atomic mass is 32.2. The summed E-state index contributed by atoms with van der Waals surface area (Å²) in [5.74, 6) is -0.0543. The Bertz CT molecular complexity index is 1200. The standard InChI is InChI=1S/C22H19N3O2S2/c1-24(2)21(27)18(15-9-5-3-6-10-15)29-22-23-19-17(13-14-28-19)20(26)25(22)16-11-7-4-8-12-16/h3-14,18H,1-2H3. The summed E-state index contributed by atoms with van der Waals surface area (Å²) in [6.07, 6.45) is 0. The Hall–Kier alpha value is -2.90. The van der Waals surface area contributed by atoms with E-state index in [-0.39, 0.29) is 11.5 Å². The summed E-state index contributed by atoms with van der Waals surface area (Å²) >= 11 is 2.72. The van der Waals surface area contributed by atoms with Crippen LogP contribution >= 0.6 is 23.1 Å². The number of rotatable bonds is 5. The fraction of sp³-hybridized carbons (Fsp3) is 0.136. The number of carbonyl (C=O) groups is 1. The third kappa shape index (κ3) is 3.83. The summed E-state index contributed by atoms with van der Waals surface area (Å²) in [7, 11) is 3.47. The van der Waals surface area contributed by atoms with Crippen molar-refractivity contribution in [2.75, 3.05) is 14.1 Å². The lowest BCUT2D eigenvalue weighted by atomic mass is 10.1. The van der Waals surface area contributed by atoms with Crippen LogP contribution in [-0.2, 0) is 4.79 Å². The minimum Gasteiger partial charge on any atom is -0.348 e. The van der Waals surface area contributed by atoms with Crippen LogP contribution < -0.4 is 5.56 Å². The molecule has 0 bridgehead atoms. The Kier molecular flexibility index (Phi) is 5.51. The predicted molar refractivity (Wildman–Crippen MR) is 119 cm³/mol. The van der Waals surface area contributed by atoms with Gasteiger partial charge >= 0.3 is 0 Å². The summed E-state index contributed by atoms with van der Waals surface area (Å²) in [4.78, 5) is 33.2. The predicted octanol–water partition coefficient (Wildman–Crippen LogP) is 4.37. The second kappa shape index (κ2) is 8.23. The maximum atomic E-state index is 13.3. The number of thioether (sulfide) groups is 1. The normalized spacial score (nSPS) is 12.1. The van der Waals surface area contributed by atoms with Gasteiger partial charge in [-0.05, 0) is 29.1 Å². The quantitative estimate of drug-likeness (QED) is 0.355. The molecule has 0 spiro atoms. The molecule has 1 amide bonds. The Morgan fingerprint density at radius 1 is 1.03 bits per heavy atom. The van der Waals surface area contributed by atoms with Crippen LogP contribution in [0.5, 0.6) is 0 Å². The van der Waals surface area contributed by atoms with Gasteiger partial charge in [-0.25, -0.2) is 4.98 Å². The van der Waals surface area contributed by atoms with E-state index < -0.39 is 5.25 Å². The molecule has 0 saturated heterocycles. The number of fused-ring (bicyclic) bond motifs is 1. The summed E-state index contributed by atoms with van der Waals surface area (Å²) < 4.78 is 1.60. The van der Waals surface area contributed by atoms with Crippen LogP contribution in [-0.4, -0.2) is 34.5 Å². The smallest absolute Gasteiger partial charge is 0.267 e. The van der Waals surface area contributed by atoms with Gasteiger partial charge in [-0.2, -0.15) is 0 Å². The Morgan fingerprint density at radius 3 is 2.34 bits per heavy atom. The van der Waals surface area contributed by atoms with Gasteiger partial charge in [0.2, 0.25) is 5.91 Å².